The molecule has 0 fully saturated rings. The third kappa shape index (κ3) is 2.63. The molecule has 0 aliphatic carbocycles. The number of halogens is 1. The van der Waals surface area contributed by atoms with Crippen LogP contribution in [-0.2, 0) is 6.54 Å². The van der Waals surface area contributed by atoms with Crippen LogP contribution in [0.5, 0.6) is 0 Å². The van der Waals surface area contributed by atoms with E-state index >= 15 is 0 Å². The van der Waals surface area contributed by atoms with Gasteiger partial charge in [-0.1, -0.05) is 0 Å². The lowest BCUT2D eigenvalue weighted by molar-refractivity contribution is 0.494. The number of hydrogen-bond donors (Lipinski definition) is 0. The van der Waals surface area contributed by atoms with Crippen LogP contribution in [0.3, 0.4) is 0 Å². The Labute approximate surface area is 107 Å². The first-order valence-electron chi connectivity index (χ1n) is 5.32. The maximum Gasteiger partial charge on any atom is 0.250 e. The maximum atomic E-state index is 11.7. The zero-order valence-electron chi connectivity index (χ0n) is 9.67. The van der Waals surface area contributed by atoms with E-state index in [9.17, 15) is 4.79 Å². The van der Waals surface area contributed by atoms with Gasteiger partial charge in [0.05, 0.1) is 6.54 Å². The first-order valence-corrected chi connectivity index (χ1v) is 6.11. The van der Waals surface area contributed by atoms with Gasteiger partial charge in [0, 0.05) is 22.8 Å². The highest BCUT2D eigenvalue weighted by Gasteiger charge is 2.08. The summed E-state index contributed by atoms with van der Waals surface area (Å²) in [6.45, 7) is 4.49. The molecule has 0 spiro atoms. The maximum absolute atomic E-state index is 11.7. The number of aromatic nitrogens is 4. The molecule has 0 saturated carbocycles. The number of hydrogen-bond acceptors (Lipinski definition) is 3. The first kappa shape index (κ1) is 12.0. The lowest BCUT2D eigenvalue weighted by atomic mass is 10.4. The van der Waals surface area contributed by atoms with Gasteiger partial charge in [0.15, 0.2) is 0 Å². The standard InChI is InChI=1S/C11H13BrN4O/c1-8(2)16-10(13-7-14-16)6-15-5-9(12)3-4-11(15)17/h3-5,7-8H,6H2,1-2H3. The van der Waals surface area contributed by atoms with E-state index in [4.69, 9.17) is 0 Å². The van der Waals surface area contributed by atoms with Crippen molar-refractivity contribution >= 4 is 15.9 Å². The quantitative estimate of drug-likeness (QED) is 0.868. The zero-order valence-corrected chi connectivity index (χ0v) is 11.3. The minimum atomic E-state index is -0.0495. The Bertz CT molecular complexity index is 573. The van der Waals surface area contributed by atoms with E-state index in [1.165, 1.54) is 12.4 Å². The Morgan fingerprint density at radius 3 is 2.88 bits per heavy atom. The van der Waals surface area contributed by atoms with Crippen molar-refractivity contribution in [2.45, 2.75) is 26.4 Å². The highest BCUT2D eigenvalue weighted by atomic mass is 79.9. The van der Waals surface area contributed by atoms with Crippen molar-refractivity contribution in [3.05, 3.63) is 45.3 Å². The molecular weight excluding hydrogens is 284 g/mol. The lowest BCUT2D eigenvalue weighted by Gasteiger charge is -2.10. The molecule has 0 bridgehead atoms. The van der Waals surface area contributed by atoms with Crippen LogP contribution in [0.15, 0.2) is 33.9 Å². The van der Waals surface area contributed by atoms with E-state index < -0.39 is 0 Å². The van der Waals surface area contributed by atoms with Crippen LogP contribution in [0, 0.1) is 0 Å². The van der Waals surface area contributed by atoms with Crippen LogP contribution < -0.4 is 5.56 Å². The average molecular weight is 297 g/mol. The molecule has 6 heteroatoms. The van der Waals surface area contributed by atoms with Crippen LogP contribution in [0.25, 0.3) is 0 Å². The van der Waals surface area contributed by atoms with Gasteiger partial charge in [-0.3, -0.25) is 4.79 Å². The first-order chi connectivity index (χ1) is 8.08. The predicted molar refractivity (Wildman–Crippen MR) is 67.9 cm³/mol. The van der Waals surface area contributed by atoms with Gasteiger partial charge in [-0.15, -0.1) is 0 Å². The summed E-state index contributed by atoms with van der Waals surface area (Å²) in [6.07, 6.45) is 3.26. The van der Waals surface area contributed by atoms with Crippen molar-refractivity contribution in [2.24, 2.45) is 0 Å². The SMILES string of the molecule is CC(C)n1ncnc1Cn1cc(Br)ccc1=O. The number of rotatable bonds is 3. The summed E-state index contributed by atoms with van der Waals surface area (Å²) in [5.41, 5.74) is -0.0495. The Kier molecular flexibility index (Phi) is 3.42. The molecule has 2 aromatic rings. The third-order valence-electron chi connectivity index (χ3n) is 2.40. The average Bonchev–Trinajstić information content (AvgIpc) is 2.71. The molecule has 0 unspecified atom stereocenters. The van der Waals surface area contributed by atoms with Crippen LogP contribution in [0.4, 0.5) is 0 Å². The van der Waals surface area contributed by atoms with Crippen molar-refractivity contribution in [3.63, 3.8) is 0 Å². The van der Waals surface area contributed by atoms with Gasteiger partial charge in [-0.05, 0) is 35.8 Å². The van der Waals surface area contributed by atoms with Crippen LogP contribution in [0.2, 0.25) is 0 Å². The van der Waals surface area contributed by atoms with Crippen LogP contribution >= 0.6 is 15.9 Å². The molecule has 0 atom stereocenters. The highest BCUT2D eigenvalue weighted by molar-refractivity contribution is 9.10. The Morgan fingerprint density at radius 2 is 2.18 bits per heavy atom. The molecule has 0 aromatic carbocycles. The topological polar surface area (TPSA) is 52.7 Å². The molecule has 2 heterocycles. The molecular formula is C11H13BrN4O. The molecule has 0 amide bonds. The summed E-state index contributed by atoms with van der Waals surface area (Å²) in [4.78, 5) is 15.8. The van der Waals surface area contributed by atoms with Crippen LogP contribution in [0.1, 0.15) is 25.7 Å². The monoisotopic (exact) mass is 296 g/mol. The minimum Gasteiger partial charge on any atom is -0.307 e. The lowest BCUT2D eigenvalue weighted by Crippen LogP contribution is -2.21. The second-order valence-electron chi connectivity index (χ2n) is 4.03. The Balaban J connectivity index is 2.35. The largest absolute Gasteiger partial charge is 0.307 e. The molecule has 0 saturated heterocycles. The fourth-order valence-electron chi connectivity index (χ4n) is 1.60. The van der Waals surface area contributed by atoms with E-state index in [1.807, 2.05) is 18.5 Å². The van der Waals surface area contributed by atoms with Crippen LogP contribution in [-0.4, -0.2) is 19.3 Å². The fraction of sp³-hybridized carbons (Fsp3) is 0.364. The third-order valence-corrected chi connectivity index (χ3v) is 2.86. The molecule has 0 radical (unpaired) electrons. The molecule has 2 rings (SSSR count). The molecule has 0 aliphatic heterocycles. The normalized spacial score (nSPS) is 11.1. The minimum absolute atomic E-state index is 0.0495. The van der Waals surface area contributed by atoms with Crippen molar-refractivity contribution < 1.29 is 0 Å². The van der Waals surface area contributed by atoms with E-state index in [-0.39, 0.29) is 11.6 Å². The summed E-state index contributed by atoms with van der Waals surface area (Å²) in [6, 6.07) is 3.49. The van der Waals surface area contributed by atoms with Gasteiger partial charge < -0.3 is 4.57 Å². The molecule has 90 valence electrons. The highest BCUT2D eigenvalue weighted by Crippen LogP contribution is 2.08. The molecule has 0 aliphatic rings. The molecule has 2 aromatic heterocycles. The summed E-state index contributed by atoms with van der Waals surface area (Å²) in [5.74, 6) is 0.778. The zero-order chi connectivity index (χ0) is 12.4. The Morgan fingerprint density at radius 1 is 1.41 bits per heavy atom. The summed E-state index contributed by atoms with van der Waals surface area (Å²) in [7, 11) is 0. The molecule has 17 heavy (non-hydrogen) atoms. The van der Waals surface area contributed by atoms with Gasteiger partial charge in [0.25, 0.3) is 5.56 Å². The van der Waals surface area contributed by atoms with Gasteiger partial charge >= 0.3 is 0 Å². The summed E-state index contributed by atoms with van der Waals surface area (Å²) in [5, 5.41) is 4.14. The van der Waals surface area contributed by atoms with E-state index in [1.54, 1.807) is 16.8 Å². The smallest absolute Gasteiger partial charge is 0.250 e. The summed E-state index contributed by atoms with van der Waals surface area (Å²) < 4.78 is 4.29. The predicted octanol–water partition coefficient (Wildman–Crippen LogP) is 1.83. The second kappa shape index (κ2) is 4.83. The van der Waals surface area contributed by atoms with Crippen molar-refractivity contribution in [3.8, 4) is 0 Å². The van der Waals surface area contributed by atoms with Crippen molar-refractivity contribution in [2.75, 3.05) is 0 Å². The van der Waals surface area contributed by atoms with Gasteiger partial charge in [0.1, 0.15) is 12.2 Å². The van der Waals surface area contributed by atoms with Crippen molar-refractivity contribution in [1.82, 2.24) is 19.3 Å². The van der Waals surface area contributed by atoms with Gasteiger partial charge in [0.2, 0.25) is 0 Å². The molecule has 0 N–H and O–H groups in total. The van der Waals surface area contributed by atoms with E-state index in [0.29, 0.717) is 6.54 Å². The number of nitrogens with zero attached hydrogens (tertiary/aromatic N) is 4. The number of pyridine rings is 1. The second-order valence-corrected chi connectivity index (χ2v) is 4.94. The fourth-order valence-corrected chi connectivity index (χ4v) is 1.98. The molecule has 5 nitrogen and oxygen atoms in total. The van der Waals surface area contributed by atoms with Crippen molar-refractivity contribution in [1.29, 1.82) is 0 Å². The summed E-state index contributed by atoms with van der Waals surface area (Å²) >= 11 is 3.35. The van der Waals surface area contributed by atoms with Gasteiger partial charge in [-0.2, -0.15) is 5.10 Å². The van der Waals surface area contributed by atoms with E-state index in [0.717, 1.165) is 10.3 Å². The Hall–Kier alpha value is -1.43. The van der Waals surface area contributed by atoms with Gasteiger partial charge in [-0.25, -0.2) is 9.67 Å². The van der Waals surface area contributed by atoms with E-state index in [2.05, 4.69) is 26.0 Å².